The molecule has 1 aliphatic rings. The van der Waals surface area contributed by atoms with Gasteiger partial charge in [-0.05, 0) is 29.7 Å². The molecule has 4 nitrogen and oxygen atoms in total. The fourth-order valence-corrected chi connectivity index (χ4v) is 2.59. The number of benzene rings is 1. The van der Waals surface area contributed by atoms with Crippen LogP contribution in [0.1, 0.15) is 18.1 Å². The first-order valence-corrected chi connectivity index (χ1v) is 6.85. The molecule has 4 heteroatoms. The molecule has 1 aromatic heterocycles. The van der Waals surface area contributed by atoms with E-state index in [1.807, 2.05) is 11.1 Å². The molecule has 1 aliphatic heterocycles. The highest BCUT2D eigenvalue weighted by Gasteiger charge is 2.18. The molecule has 0 bridgehead atoms. The fourth-order valence-electron chi connectivity index (χ4n) is 2.59. The minimum Gasteiger partial charge on any atom is -0.361 e. The summed E-state index contributed by atoms with van der Waals surface area (Å²) in [5.41, 5.74) is 3.69. The lowest BCUT2D eigenvalue weighted by Gasteiger charge is -2.27. The normalized spacial score (nSPS) is 16.3. The molecule has 100 valence electrons. The van der Waals surface area contributed by atoms with Crippen molar-refractivity contribution < 1.29 is 4.79 Å². The number of rotatable bonds is 3. The van der Waals surface area contributed by atoms with Crippen LogP contribution in [0.5, 0.6) is 0 Å². The maximum absolute atomic E-state index is 11.8. The quantitative estimate of drug-likeness (QED) is 0.878. The third kappa shape index (κ3) is 2.36. The summed E-state index contributed by atoms with van der Waals surface area (Å²) in [6.45, 7) is 5.00. The molecule has 0 aliphatic carbocycles. The first-order valence-electron chi connectivity index (χ1n) is 6.85. The van der Waals surface area contributed by atoms with Gasteiger partial charge in [-0.2, -0.15) is 0 Å². The van der Waals surface area contributed by atoms with E-state index in [9.17, 15) is 4.79 Å². The maximum Gasteiger partial charge on any atom is 0.236 e. The van der Waals surface area contributed by atoms with E-state index in [0.717, 1.165) is 25.0 Å². The number of hydrogen-bond acceptors (Lipinski definition) is 2. The number of fused-ring (bicyclic) bond motifs is 1. The topological polar surface area (TPSA) is 48.1 Å². The van der Waals surface area contributed by atoms with Crippen LogP contribution in [-0.2, 0) is 17.8 Å². The highest BCUT2D eigenvalue weighted by Crippen LogP contribution is 2.21. The van der Waals surface area contributed by atoms with Crippen LogP contribution in [0.15, 0.2) is 24.4 Å². The Balaban J connectivity index is 1.89. The second-order valence-electron chi connectivity index (χ2n) is 5.04. The molecule has 0 atom stereocenters. The largest absolute Gasteiger partial charge is 0.361 e. The summed E-state index contributed by atoms with van der Waals surface area (Å²) in [5.74, 6) is 0.187. The average Bonchev–Trinajstić information content (AvgIpc) is 2.84. The zero-order valence-electron chi connectivity index (χ0n) is 11.2. The Hall–Kier alpha value is -1.81. The number of aryl methyl sites for hydroxylation is 1. The highest BCUT2D eigenvalue weighted by atomic mass is 16.2. The number of nitrogens with one attached hydrogen (secondary N) is 2. The van der Waals surface area contributed by atoms with E-state index in [4.69, 9.17) is 0 Å². The minimum atomic E-state index is 0.187. The predicted molar refractivity (Wildman–Crippen MR) is 76.0 cm³/mol. The average molecular weight is 257 g/mol. The molecular weight excluding hydrogens is 238 g/mol. The Kier molecular flexibility index (Phi) is 3.25. The molecule has 2 heterocycles. The number of aromatic amines is 1. The van der Waals surface area contributed by atoms with Crippen LogP contribution in [0.25, 0.3) is 10.9 Å². The van der Waals surface area contributed by atoms with Gasteiger partial charge >= 0.3 is 0 Å². The van der Waals surface area contributed by atoms with Gasteiger partial charge in [0.2, 0.25) is 5.91 Å². The SMILES string of the molecule is CCc1ccc2[nH]cc(CN3CCNCC3=O)c2c1. The van der Waals surface area contributed by atoms with Gasteiger partial charge in [-0.3, -0.25) is 4.79 Å². The van der Waals surface area contributed by atoms with Crippen molar-refractivity contribution in [3.63, 3.8) is 0 Å². The van der Waals surface area contributed by atoms with Gasteiger partial charge in [0.15, 0.2) is 0 Å². The third-order valence-electron chi connectivity index (χ3n) is 3.79. The number of piperazine rings is 1. The van der Waals surface area contributed by atoms with Crippen LogP contribution in [0, 0.1) is 0 Å². The van der Waals surface area contributed by atoms with Gasteiger partial charge in [-0.1, -0.05) is 13.0 Å². The van der Waals surface area contributed by atoms with Crippen molar-refractivity contribution in [2.45, 2.75) is 19.9 Å². The number of hydrogen-bond donors (Lipinski definition) is 2. The van der Waals surface area contributed by atoms with Crippen LogP contribution in [-0.4, -0.2) is 35.4 Å². The third-order valence-corrected chi connectivity index (χ3v) is 3.79. The van der Waals surface area contributed by atoms with Crippen LogP contribution in [0.4, 0.5) is 0 Å². The summed E-state index contributed by atoms with van der Waals surface area (Å²) in [7, 11) is 0. The van der Waals surface area contributed by atoms with Gasteiger partial charge in [0.1, 0.15) is 0 Å². The molecule has 1 saturated heterocycles. The van der Waals surface area contributed by atoms with Gasteiger partial charge < -0.3 is 15.2 Å². The standard InChI is InChI=1S/C15H19N3O/c1-2-11-3-4-14-13(7-11)12(8-17-14)10-18-6-5-16-9-15(18)19/h3-4,7-8,16-17H,2,5-6,9-10H2,1H3. The molecule has 1 amide bonds. The van der Waals surface area contributed by atoms with Crippen LogP contribution >= 0.6 is 0 Å². The molecule has 3 rings (SSSR count). The maximum atomic E-state index is 11.8. The molecule has 19 heavy (non-hydrogen) atoms. The Morgan fingerprint density at radius 1 is 1.37 bits per heavy atom. The van der Waals surface area contributed by atoms with Crippen molar-refractivity contribution >= 4 is 16.8 Å². The van der Waals surface area contributed by atoms with Crippen LogP contribution in [0.3, 0.4) is 0 Å². The molecule has 2 N–H and O–H groups in total. The summed E-state index contributed by atoms with van der Waals surface area (Å²) < 4.78 is 0. The summed E-state index contributed by atoms with van der Waals surface area (Å²) in [5, 5.41) is 4.34. The highest BCUT2D eigenvalue weighted by molar-refractivity contribution is 5.85. The van der Waals surface area contributed by atoms with E-state index in [1.54, 1.807) is 0 Å². The van der Waals surface area contributed by atoms with E-state index in [1.165, 1.54) is 16.5 Å². The van der Waals surface area contributed by atoms with Gasteiger partial charge in [0, 0.05) is 36.7 Å². The number of aromatic nitrogens is 1. The smallest absolute Gasteiger partial charge is 0.236 e. The van der Waals surface area contributed by atoms with E-state index >= 15 is 0 Å². The number of carbonyl (C=O) groups excluding carboxylic acids is 1. The summed E-state index contributed by atoms with van der Waals surface area (Å²) in [4.78, 5) is 17.1. The van der Waals surface area contributed by atoms with E-state index < -0.39 is 0 Å². The molecule has 1 aromatic carbocycles. The second kappa shape index (κ2) is 5.05. The molecule has 0 unspecified atom stereocenters. The van der Waals surface area contributed by atoms with Gasteiger partial charge in [0.25, 0.3) is 0 Å². The lowest BCUT2D eigenvalue weighted by Crippen LogP contribution is -2.47. The van der Waals surface area contributed by atoms with E-state index in [-0.39, 0.29) is 5.91 Å². The van der Waals surface area contributed by atoms with Gasteiger partial charge in [-0.25, -0.2) is 0 Å². The predicted octanol–water partition coefficient (Wildman–Crippen LogP) is 1.66. The molecule has 1 fully saturated rings. The van der Waals surface area contributed by atoms with Crippen molar-refractivity contribution in [3.05, 3.63) is 35.5 Å². The number of nitrogens with zero attached hydrogens (tertiary/aromatic N) is 1. The van der Waals surface area contributed by atoms with Crippen molar-refractivity contribution in [1.29, 1.82) is 0 Å². The Morgan fingerprint density at radius 3 is 3.05 bits per heavy atom. The lowest BCUT2D eigenvalue weighted by atomic mass is 10.1. The molecule has 0 radical (unpaired) electrons. The number of carbonyl (C=O) groups is 1. The first-order chi connectivity index (χ1) is 9.28. The summed E-state index contributed by atoms with van der Waals surface area (Å²) in [6.07, 6.45) is 3.06. The molecule has 0 saturated carbocycles. The van der Waals surface area contributed by atoms with E-state index in [2.05, 4.69) is 35.4 Å². The monoisotopic (exact) mass is 257 g/mol. The minimum absolute atomic E-state index is 0.187. The van der Waals surface area contributed by atoms with Crippen molar-refractivity contribution in [1.82, 2.24) is 15.2 Å². The Labute approximate surface area is 112 Å². The fraction of sp³-hybridized carbons (Fsp3) is 0.400. The van der Waals surface area contributed by atoms with E-state index in [0.29, 0.717) is 13.1 Å². The summed E-state index contributed by atoms with van der Waals surface area (Å²) >= 11 is 0. The van der Waals surface area contributed by atoms with Gasteiger partial charge in [-0.15, -0.1) is 0 Å². The second-order valence-corrected chi connectivity index (χ2v) is 5.04. The van der Waals surface area contributed by atoms with Crippen molar-refractivity contribution in [2.24, 2.45) is 0 Å². The zero-order valence-corrected chi connectivity index (χ0v) is 11.2. The van der Waals surface area contributed by atoms with Crippen molar-refractivity contribution in [3.8, 4) is 0 Å². The molecular formula is C15H19N3O. The number of H-pyrrole nitrogens is 1. The number of amides is 1. The Morgan fingerprint density at radius 2 is 2.26 bits per heavy atom. The molecule has 0 spiro atoms. The molecule has 2 aromatic rings. The summed E-state index contributed by atoms with van der Waals surface area (Å²) in [6, 6.07) is 6.50. The van der Waals surface area contributed by atoms with Crippen LogP contribution in [0.2, 0.25) is 0 Å². The Bertz CT molecular complexity index is 602. The van der Waals surface area contributed by atoms with Crippen LogP contribution < -0.4 is 5.32 Å². The van der Waals surface area contributed by atoms with Crippen molar-refractivity contribution in [2.75, 3.05) is 19.6 Å². The first kappa shape index (κ1) is 12.2. The van der Waals surface area contributed by atoms with Gasteiger partial charge in [0.05, 0.1) is 6.54 Å². The lowest BCUT2D eigenvalue weighted by molar-refractivity contribution is -0.132. The zero-order chi connectivity index (χ0) is 13.2.